The van der Waals surface area contributed by atoms with Crippen LogP contribution < -0.4 is 0 Å². The first-order valence-corrected chi connectivity index (χ1v) is 10.5. The molecule has 4 nitrogen and oxygen atoms in total. The second-order valence-corrected chi connectivity index (χ2v) is 9.12. The molecule has 0 spiro atoms. The molecule has 2 atom stereocenters. The lowest BCUT2D eigenvalue weighted by Crippen LogP contribution is -2.45. The topological polar surface area (TPSA) is 40.6 Å². The zero-order valence-corrected chi connectivity index (χ0v) is 14.6. The summed E-state index contributed by atoms with van der Waals surface area (Å²) in [5.74, 6) is 0.649. The second-order valence-electron chi connectivity index (χ2n) is 6.97. The van der Waals surface area contributed by atoms with E-state index in [1.807, 2.05) is 0 Å². The van der Waals surface area contributed by atoms with Gasteiger partial charge in [-0.3, -0.25) is 9.80 Å². The first-order chi connectivity index (χ1) is 9.98. The standard InChI is InChI=1S/C16H32N2O2S/c1-15(17-9-5-3-6-10-17)13-21(19,20)14-16(2)18-11-7-4-8-12-18/h15-16H,3-14H2,1-2H3/t15-,16-/m0/s1. The molecular weight excluding hydrogens is 284 g/mol. The van der Waals surface area contributed by atoms with E-state index in [1.165, 1.54) is 38.5 Å². The molecule has 0 aromatic carbocycles. The van der Waals surface area contributed by atoms with Crippen LogP contribution in [0.25, 0.3) is 0 Å². The lowest BCUT2D eigenvalue weighted by atomic mass is 10.1. The van der Waals surface area contributed by atoms with Crippen LogP contribution in [0.15, 0.2) is 0 Å². The van der Waals surface area contributed by atoms with Gasteiger partial charge in [0.2, 0.25) is 0 Å². The van der Waals surface area contributed by atoms with E-state index >= 15 is 0 Å². The van der Waals surface area contributed by atoms with E-state index in [4.69, 9.17) is 0 Å². The summed E-state index contributed by atoms with van der Waals surface area (Å²) in [6, 6.07) is 0.340. The Labute approximate surface area is 130 Å². The maximum absolute atomic E-state index is 12.5. The Kier molecular flexibility index (Phi) is 6.51. The van der Waals surface area contributed by atoms with Crippen molar-refractivity contribution in [2.75, 3.05) is 37.7 Å². The molecule has 0 N–H and O–H groups in total. The van der Waals surface area contributed by atoms with E-state index in [-0.39, 0.29) is 12.1 Å². The average Bonchev–Trinajstić information content (AvgIpc) is 2.48. The molecule has 0 aliphatic carbocycles. The van der Waals surface area contributed by atoms with Gasteiger partial charge in [-0.25, -0.2) is 8.42 Å². The van der Waals surface area contributed by atoms with E-state index in [0.717, 1.165) is 26.2 Å². The summed E-state index contributed by atoms with van der Waals surface area (Å²) in [7, 11) is -2.96. The van der Waals surface area contributed by atoms with Crippen LogP contribution in [0.3, 0.4) is 0 Å². The highest BCUT2D eigenvalue weighted by atomic mass is 32.2. The molecule has 2 saturated heterocycles. The molecule has 0 bridgehead atoms. The molecule has 0 unspecified atom stereocenters. The minimum atomic E-state index is -2.96. The smallest absolute Gasteiger partial charge is 0.153 e. The predicted octanol–water partition coefficient (Wildman–Crippen LogP) is 2.15. The van der Waals surface area contributed by atoms with Gasteiger partial charge >= 0.3 is 0 Å². The number of sulfone groups is 1. The van der Waals surface area contributed by atoms with Crippen LogP contribution in [0.4, 0.5) is 0 Å². The normalized spacial score (nSPS) is 25.6. The van der Waals surface area contributed by atoms with E-state index in [1.54, 1.807) is 0 Å². The SMILES string of the molecule is C[C@@H](CS(=O)(=O)C[C@H](C)N1CCCCC1)N1CCCCC1. The molecular formula is C16H32N2O2S. The zero-order valence-electron chi connectivity index (χ0n) is 13.8. The van der Waals surface area contributed by atoms with Gasteiger partial charge in [-0.05, 0) is 65.7 Å². The van der Waals surface area contributed by atoms with Gasteiger partial charge < -0.3 is 0 Å². The fourth-order valence-corrected chi connectivity index (χ4v) is 5.76. The molecule has 5 heteroatoms. The molecule has 2 fully saturated rings. The van der Waals surface area contributed by atoms with Crippen molar-refractivity contribution >= 4 is 9.84 Å². The number of nitrogens with zero attached hydrogens (tertiary/aromatic N) is 2. The average molecular weight is 317 g/mol. The molecule has 2 aliphatic rings. The Morgan fingerprint density at radius 2 is 1.05 bits per heavy atom. The Morgan fingerprint density at radius 1 is 0.714 bits per heavy atom. The summed E-state index contributed by atoms with van der Waals surface area (Å²) in [5, 5.41) is 0. The number of piperidine rings is 2. The molecule has 2 heterocycles. The summed E-state index contributed by atoms with van der Waals surface area (Å²) in [5.41, 5.74) is 0. The summed E-state index contributed by atoms with van der Waals surface area (Å²) in [6.45, 7) is 8.43. The molecule has 2 aliphatic heterocycles. The third-order valence-corrected chi connectivity index (χ3v) is 7.00. The van der Waals surface area contributed by atoms with Crippen LogP contribution in [0, 0.1) is 0 Å². The molecule has 0 radical (unpaired) electrons. The maximum Gasteiger partial charge on any atom is 0.153 e. The van der Waals surface area contributed by atoms with Crippen molar-refractivity contribution in [1.82, 2.24) is 9.80 Å². The largest absolute Gasteiger partial charge is 0.300 e. The lowest BCUT2D eigenvalue weighted by molar-refractivity contribution is 0.182. The van der Waals surface area contributed by atoms with Crippen LogP contribution in [0.1, 0.15) is 52.4 Å². The Morgan fingerprint density at radius 3 is 1.38 bits per heavy atom. The molecule has 0 aromatic heterocycles. The van der Waals surface area contributed by atoms with E-state index in [9.17, 15) is 8.42 Å². The van der Waals surface area contributed by atoms with Crippen LogP contribution in [0.2, 0.25) is 0 Å². The molecule has 0 amide bonds. The van der Waals surface area contributed by atoms with Crippen molar-refractivity contribution in [3.05, 3.63) is 0 Å². The Hall–Kier alpha value is -0.130. The van der Waals surface area contributed by atoms with Crippen molar-refractivity contribution in [2.24, 2.45) is 0 Å². The summed E-state index contributed by atoms with van der Waals surface area (Å²) in [6.07, 6.45) is 7.45. The molecule has 0 aromatic rings. The highest BCUT2D eigenvalue weighted by molar-refractivity contribution is 7.91. The van der Waals surface area contributed by atoms with Crippen molar-refractivity contribution in [3.63, 3.8) is 0 Å². The van der Waals surface area contributed by atoms with Crippen molar-refractivity contribution in [2.45, 2.75) is 64.5 Å². The number of rotatable bonds is 6. The third-order valence-electron chi connectivity index (χ3n) is 5.02. The molecule has 21 heavy (non-hydrogen) atoms. The predicted molar refractivity (Wildman–Crippen MR) is 88.4 cm³/mol. The fourth-order valence-electron chi connectivity index (χ4n) is 3.73. The second kappa shape index (κ2) is 7.93. The zero-order chi connectivity index (χ0) is 15.3. The number of likely N-dealkylation sites (tertiary alicyclic amines) is 2. The summed E-state index contributed by atoms with van der Waals surface area (Å²) < 4.78 is 25.0. The monoisotopic (exact) mass is 316 g/mol. The third kappa shape index (κ3) is 5.53. The highest BCUT2D eigenvalue weighted by Gasteiger charge is 2.26. The van der Waals surface area contributed by atoms with Gasteiger partial charge in [0, 0.05) is 12.1 Å². The quantitative estimate of drug-likeness (QED) is 0.753. The molecule has 124 valence electrons. The van der Waals surface area contributed by atoms with Gasteiger partial charge in [-0.15, -0.1) is 0 Å². The van der Waals surface area contributed by atoms with Gasteiger partial charge in [0.15, 0.2) is 9.84 Å². The number of hydrogen-bond acceptors (Lipinski definition) is 4. The van der Waals surface area contributed by atoms with Gasteiger partial charge in [0.25, 0.3) is 0 Å². The fraction of sp³-hybridized carbons (Fsp3) is 1.00. The van der Waals surface area contributed by atoms with E-state index in [0.29, 0.717) is 11.5 Å². The highest BCUT2D eigenvalue weighted by Crippen LogP contribution is 2.16. The van der Waals surface area contributed by atoms with Gasteiger partial charge in [0.05, 0.1) is 11.5 Å². The molecule has 2 rings (SSSR count). The number of hydrogen-bond donors (Lipinski definition) is 0. The van der Waals surface area contributed by atoms with Crippen LogP contribution in [-0.4, -0.2) is 68.0 Å². The Balaban J connectivity index is 1.82. The first kappa shape index (κ1) is 17.2. The summed E-state index contributed by atoms with van der Waals surface area (Å²) >= 11 is 0. The van der Waals surface area contributed by atoms with Crippen molar-refractivity contribution in [3.8, 4) is 0 Å². The first-order valence-electron chi connectivity index (χ1n) is 8.66. The van der Waals surface area contributed by atoms with Gasteiger partial charge in [0.1, 0.15) is 0 Å². The molecule has 0 saturated carbocycles. The van der Waals surface area contributed by atoms with Crippen LogP contribution in [0.5, 0.6) is 0 Å². The van der Waals surface area contributed by atoms with Crippen LogP contribution in [-0.2, 0) is 9.84 Å². The minimum absolute atomic E-state index is 0.170. The van der Waals surface area contributed by atoms with Crippen molar-refractivity contribution < 1.29 is 8.42 Å². The van der Waals surface area contributed by atoms with Crippen LogP contribution >= 0.6 is 0 Å². The lowest BCUT2D eigenvalue weighted by Gasteiger charge is -2.34. The van der Waals surface area contributed by atoms with E-state index in [2.05, 4.69) is 23.6 Å². The van der Waals surface area contributed by atoms with E-state index < -0.39 is 9.84 Å². The minimum Gasteiger partial charge on any atom is -0.300 e. The van der Waals surface area contributed by atoms with Gasteiger partial charge in [-0.1, -0.05) is 12.8 Å². The van der Waals surface area contributed by atoms with Gasteiger partial charge in [-0.2, -0.15) is 0 Å². The maximum atomic E-state index is 12.5. The Bertz CT molecular complexity index is 367. The van der Waals surface area contributed by atoms with Crippen molar-refractivity contribution in [1.29, 1.82) is 0 Å². The summed E-state index contributed by atoms with van der Waals surface area (Å²) in [4.78, 5) is 4.71.